The topological polar surface area (TPSA) is 115 Å². The van der Waals surface area contributed by atoms with Gasteiger partial charge in [-0.1, -0.05) is 0 Å². The Morgan fingerprint density at radius 3 is 2.47 bits per heavy atom. The predicted octanol–water partition coefficient (Wildman–Crippen LogP) is -0.0385. The highest BCUT2D eigenvalue weighted by Crippen LogP contribution is 2.13. The molecule has 8 heteroatoms. The molecule has 1 aromatic heterocycles. The van der Waals surface area contributed by atoms with Crippen LogP contribution in [0.3, 0.4) is 0 Å². The lowest BCUT2D eigenvalue weighted by Gasteiger charge is -1.95. The van der Waals surface area contributed by atoms with E-state index in [1.165, 1.54) is 6.92 Å². The molecule has 0 aliphatic heterocycles. The second-order valence-corrected chi connectivity index (χ2v) is 2.84. The van der Waals surface area contributed by atoms with Gasteiger partial charge in [-0.05, 0) is 0 Å². The van der Waals surface area contributed by atoms with Gasteiger partial charge in [0, 0.05) is 6.92 Å². The van der Waals surface area contributed by atoms with Crippen molar-refractivity contribution in [1.29, 1.82) is 0 Å². The van der Waals surface area contributed by atoms with Crippen molar-refractivity contribution in [2.24, 2.45) is 0 Å². The summed E-state index contributed by atoms with van der Waals surface area (Å²) in [6.45, 7) is 1.46. The van der Waals surface area contributed by atoms with E-state index in [-0.39, 0.29) is 17.3 Å². The number of hydrogen-bond acceptors (Lipinski definition) is 6. The molecular weight excluding hydrogens is 230 g/mol. The molecule has 1 heterocycles. The van der Waals surface area contributed by atoms with Crippen molar-refractivity contribution in [2.75, 3.05) is 14.2 Å². The van der Waals surface area contributed by atoms with Crippen molar-refractivity contribution in [3.8, 4) is 0 Å². The van der Waals surface area contributed by atoms with Crippen LogP contribution < -0.4 is 0 Å². The molecule has 1 rings (SSSR count). The van der Waals surface area contributed by atoms with Crippen LogP contribution in [0.15, 0.2) is 4.42 Å². The largest absolute Gasteiger partial charge is 0.464 e. The highest BCUT2D eigenvalue weighted by Gasteiger charge is 2.35. The first-order chi connectivity index (χ1) is 8.04. The molecule has 0 bridgehead atoms. The molecule has 0 aliphatic carbocycles. The van der Waals surface area contributed by atoms with Gasteiger partial charge in [-0.2, -0.15) is 4.79 Å². The number of carbonyl (C=O) groups excluding carboxylic acids is 2. The molecule has 0 unspecified atom stereocenters. The first-order valence-corrected chi connectivity index (χ1v) is 4.41. The summed E-state index contributed by atoms with van der Waals surface area (Å²) in [6.07, 6.45) is 0. The quantitative estimate of drug-likeness (QED) is 0.316. The first-order valence-electron chi connectivity index (χ1n) is 4.41. The molecule has 0 amide bonds. The van der Waals surface area contributed by atoms with Crippen molar-refractivity contribution < 1.29 is 28.3 Å². The summed E-state index contributed by atoms with van der Waals surface area (Å²) in [4.78, 5) is 29.1. The van der Waals surface area contributed by atoms with Crippen molar-refractivity contribution in [2.45, 2.75) is 6.92 Å². The summed E-state index contributed by atoms with van der Waals surface area (Å²) in [5.74, 6) is -1.97. The molecule has 1 aromatic rings. The summed E-state index contributed by atoms with van der Waals surface area (Å²) < 4.78 is 13.8. The normalized spacial score (nSPS) is 9.35. The lowest BCUT2D eigenvalue weighted by molar-refractivity contribution is -0.137. The van der Waals surface area contributed by atoms with E-state index in [0.717, 1.165) is 14.2 Å². The maximum Gasteiger partial charge on any atom is 0.443 e. The van der Waals surface area contributed by atoms with E-state index in [4.69, 9.17) is 9.95 Å². The Kier molecular flexibility index (Phi) is 3.74. The summed E-state index contributed by atoms with van der Waals surface area (Å²) in [5.41, 5.74) is 7.89. The fraction of sp³-hybridized carbons (Fsp3) is 0.333. The summed E-state index contributed by atoms with van der Waals surface area (Å²) in [5, 5.41) is 0. The second-order valence-electron chi connectivity index (χ2n) is 2.84. The Balaban J connectivity index is 3.35. The van der Waals surface area contributed by atoms with Crippen molar-refractivity contribution in [3.63, 3.8) is 0 Å². The maximum absolute atomic E-state index is 11.3. The minimum atomic E-state index is -0.964. The summed E-state index contributed by atoms with van der Waals surface area (Å²) >= 11 is 0. The van der Waals surface area contributed by atoms with E-state index in [1.54, 1.807) is 0 Å². The number of carbonyl (C=O) groups is 2. The molecule has 0 aromatic carbocycles. The molecule has 0 fully saturated rings. The Hall–Kier alpha value is -2.47. The number of aromatic nitrogens is 1. The first kappa shape index (κ1) is 12.6. The van der Waals surface area contributed by atoms with Gasteiger partial charge in [-0.3, -0.25) is 0 Å². The van der Waals surface area contributed by atoms with Gasteiger partial charge in [0.25, 0.3) is 5.76 Å². The molecule has 0 saturated carbocycles. The Morgan fingerprint density at radius 1 is 1.35 bits per heavy atom. The minimum absolute atomic E-state index is 0.116. The van der Waals surface area contributed by atoms with E-state index >= 15 is 0 Å². The van der Waals surface area contributed by atoms with Gasteiger partial charge in [-0.15, -0.1) is 0 Å². The smallest absolute Gasteiger partial charge is 0.443 e. The number of rotatable bonds is 3. The lowest BCUT2D eigenvalue weighted by atomic mass is 10.2. The molecule has 0 N–H and O–H groups in total. The molecule has 0 radical (unpaired) electrons. The van der Waals surface area contributed by atoms with Gasteiger partial charge < -0.3 is 19.4 Å². The molecule has 0 saturated heterocycles. The average molecular weight is 239 g/mol. The maximum atomic E-state index is 11.3. The Morgan fingerprint density at radius 2 is 2.00 bits per heavy atom. The number of methoxy groups -OCH3 is 2. The van der Waals surface area contributed by atoms with E-state index in [0.29, 0.717) is 0 Å². The summed E-state index contributed by atoms with van der Waals surface area (Å²) in [6, 6.07) is 0. The van der Waals surface area contributed by atoms with Crippen molar-refractivity contribution >= 4 is 17.7 Å². The monoisotopic (exact) mass is 239 g/mol. The third kappa shape index (κ3) is 2.37. The number of hydrogen-bond donors (Lipinski definition) is 0. The van der Waals surface area contributed by atoms with Crippen LogP contribution in [0.1, 0.15) is 22.1 Å². The number of ether oxygens (including phenoxy) is 2. The Labute approximate surface area is 95.8 Å². The average Bonchev–Trinajstić information content (AvgIpc) is 2.70. The standard InChI is InChI=1S/C9H9N3O5/c1-4-11-5(8(13)15-2)7(17-4)6(12-10)9(14)16-3/h1-3H3. The zero-order valence-corrected chi connectivity index (χ0v) is 9.38. The third-order valence-corrected chi connectivity index (χ3v) is 1.81. The molecule has 0 spiro atoms. The van der Waals surface area contributed by atoms with Gasteiger partial charge in [0.1, 0.15) is 0 Å². The number of nitrogens with zero attached hydrogens (tertiary/aromatic N) is 3. The van der Waals surface area contributed by atoms with Crippen LogP contribution in [0.4, 0.5) is 0 Å². The minimum Gasteiger partial charge on any atom is -0.464 e. The van der Waals surface area contributed by atoms with Crippen LogP contribution in [0.25, 0.3) is 5.53 Å². The van der Waals surface area contributed by atoms with E-state index in [9.17, 15) is 9.59 Å². The molecule has 0 aliphatic rings. The van der Waals surface area contributed by atoms with Gasteiger partial charge in [0.15, 0.2) is 5.89 Å². The predicted molar refractivity (Wildman–Crippen MR) is 52.3 cm³/mol. The number of oxazole rings is 1. The molecule has 90 valence electrons. The van der Waals surface area contributed by atoms with Crippen LogP contribution in [0, 0.1) is 6.92 Å². The van der Waals surface area contributed by atoms with Crippen LogP contribution in [-0.2, 0) is 14.3 Å². The van der Waals surface area contributed by atoms with Crippen molar-refractivity contribution in [3.05, 3.63) is 22.9 Å². The van der Waals surface area contributed by atoms with Crippen LogP contribution in [-0.4, -0.2) is 41.6 Å². The van der Waals surface area contributed by atoms with Crippen LogP contribution in [0.2, 0.25) is 0 Å². The molecule has 17 heavy (non-hydrogen) atoms. The van der Waals surface area contributed by atoms with Crippen LogP contribution >= 0.6 is 0 Å². The highest BCUT2D eigenvalue weighted by atomic mass is 16.5. The van der Waals surface area contributed by atoms with E-state index < -0.39 is 17.7 Å². The molecular formula is C9H9N3O5. The fourth-order valence-electron chi connectivity index (χ4n) is 1.10. The second kappa shape index (κ2) is 5.04. The lowest BCUT2D eigenvalue weighted by Crippen LogP contribution is -2.20. The van der Waals surface area contributed by atoms with Gasteiger partial charge in [-0.25, -0.2) is 14.6 Å². The SMILES string of the molecule is COC(=O)C(=[N+]=[N-])c1oc(C)nc1C(=O)OC. The van der Waals surface area contributed by atoms with Gasteiger partial charge in [0.2, 0.25) is 5.69 Å². The van der Waals surface area contributed by atoms with Gasteiger partial charge >= 0.3 is 17.7 Å². The zero-order valence-electron chi connectivity index (χ0n) is 9.38. The van der Waals surface area contributed by atoms with Crippen LogP contribution in [0.5, 0.6) is 0 Å². The number of esters is 2. The van der Waals surface area contributed by atoms with E-state index in [2.05, 4.69) is 19.2 Å². The Bertz CT molecular complexity index is 513. The third-order valence-electron chi connectivity index (χ3n) is 1.81. The zero-order chi connectivity index (χ0) is 13.0. The van der Waals surface area contributed by atoms with Gasteiger partial charge in [0.05, 0.1) is 14.2 Å². The highest BCUT2D eigenvalue weighted by molar-refractivity contribution is 6.41. The van der Waals surface area contributed by atoms with E-state index in [1.807, 2.05) is 0 Å². The molecule has 0 atom stereocenters. The fourth-order valence-corrected chi connectivity index (χ4v) is 1.10. The summed E-state index contributed by atoms with van der Waals surface area (Å²) in [7, 11) is 2.23. The number of aryl methyl sites for hydroxylation is 1. The van der Waals surface area contributed by atoms with Crippen molar-refractivity contribution in [1.82, 2.24) is 4.98 Å². The molecule has 8 nitrogen and oxygen atoms in total.